The largest absolute Gasteiger partial charge is 0.120 e. The van der Waals surface area contributed by atoms with Crippen LogP contribution in [0.2, 0.25) is 0 Å². The summed E-state index contributed by atoms with van der Waals surface area (Å²) in [4.78, 5) is 0. The molecule has 0 N–H and O–H groups in total. The van der Waals surface area contributed by atoms with Gasteiger partial charge in [-0.05, 0) is 28.7 Å². The third-order valence-corrected chi connectivity index (χ3v) is 3.08. The lowest BCUT2D eigenvalue weighted by Gasteiger charge is -2.13. The van der Waals surface area contributed by atoms with Gasteiger partial charge in [-0.3, -0.25) is 0 Å². The standard InChI is InChI=1S/C16H16/c1-3-4-8-13(2)15-12-7-10-14-9-5-6-11-16(14)15/h1,5-7,9-13H,4,8H2,2H3/t13-/m0/s1. The Morgan fingerprint density at radius 3 is 2.69 bits per heavy atom. The summed E-state index contributed by atoms with van der Waals surface area (Å²) in [7, 11) is 0. The van der Waals surface area contributed by atoms with Crippen molar-refractivity contribution in [3.63, 3.8) is 0 Å². The maximum atomic E-state index is 5.32. The smallest absolute Gasteiger partial charge is 0.00917 e. The van der Waals surface area contributed by atoms with Crippen molar-refractivity contribution in [3.8, 4) is 12.3 Å². The van der Waals surface area contributed by atoms with Gasteiger partial charge in [-0.25, -0.2) is 0 Å². The van der Waals surface area contributed by atoms with E-state index in [1.54, 1.807) is 0 Å². The molecule has 2 aromatic rings. The van der Waals surface area contributed by atoms with E-state index in [0.717, 1.165) is 12.8 Å². The van der Waals surface area contributed by atoms with E-state index in [0.29, 0.717) is 5.92 Å². The van der Waals surface area contributed by atoms with Crippen LogP contribution < -0.4 is 0 Å². The third kappa shape index (κ3) is 2.09. The first-order valence-electron chi connectivity index (χ1n) is 5.74. The van der Waals surface area contributed by atoms with Crippen LogP contribution in [0.15, 0.2) is 42.5 Å². The molecule has 0 fully saturated rings. The minimum atomic E-state index is 0.530. The molecule has 0 heterocycles. The SMILES string of the molecule is C#CCC[C@H](C)c1cccc2ccccc12. The fraction of sp³-hybridized carbons (Fsp3) is 0.250. The predicted octanol–water partition coefficient (Wildman–Crippen LogP) is 4.36. The lowest BCUT2D eigenvalue weighted by Crippen LogP contribution is -1.94. The van der Waals surface area contributed by atoms with Crippen LogP contribution in [0.25, 0.3) is 10.8 Å². The Bertz CT molecular complexity index is 512. The van der Waals surface area contributed by atoms with Gasteiger partial charge in [0.05, 0.1) is 0 Å². The van der Waals surface area contributed by atoms with Crippen LogP contribution in [-0.4, -0.2) is 0 Å². The molecule has 0 amide bonds. The number of benzene rings is 2. The second-order valence-corrected chi connectivity index (χ2v) is 4.21. The highest BCUT2D eigenvalue weighted by atomic mass is 14.1. The number of hydrogen-bond acceptors (Lipinski definition) is 0. The summed E-state index contributed by atoms with van der Waals surface area (Å²) in [6.07, 6.45) is 7.23. The minimum absolute atomic E-state index is 0.530. The maximum Gasteiger partial charge on any atom is 0.00917 e. The molecule has 2 rings (SSSR count). The Labute approximate surface area is 97.3 Å². The molecule has 0 bridgehead atoms. The molecule has 0 spiro atoms. The molecule has 0 saturated carbocycles. The topological polar surface area (TPSA) is 0 Å². The zero-order valence-electron chi connectivity index (χ0n) is 9.61. The van der Waals surface area contributed by atoms with Crippen LogP contribution in [0.1, 0.15) is 31.2 Å². The number of terminal acetylenes is 1. The van der Waals surface area contributed by atoms with E-state index >= 15 is 0 Å². The van der Waals surface area contributed by atoms with Gasteiger partial charge in [0, 0.05) is 6.42 Å². The fourth-order valence-corrected chi connectivity index (χ4v) is 2.14. The number of rotatable bonds is 3. The molecule has 0 aliphatic heterocycles. The molecular weight excluding hydrogens is 192 g/mol. The summed E-state index contributed by atoms with van der Waals surface area (Å²) < 4.78 is 0. The zero-order chi connectivity index (χ0) is 11.4. The number of hydrogen-bond donors (Lipinski definition) is 0. The average Bonchev–Trinajstić information content (AvgIpc) is 2.35. The Hall–Kier alpha value is -1.74. The fourth-order valence-electron chi connectivity index (χ4n) is 2.14. The monoisotopic (exact) mass is 208 g/mol. The molecule has 0 nitrogen and oxygen atoms in total. The van der Waals surface area contributed by atoms with E-state index < -0.39 is 0 Å². The lowest BCUT2D eigenvalue weighted by atomic mass is 9.92. The number of fused-ring (bicyclic) bond motifs is 1. The first-order valence-corrected chi connectivity index (χ1v) is 5.74. The molecule has 1 atom stereocenters. The molecule has 0 aliphatic carbocycles. The van der Waals surface area contributed by atoms with Gasteiger partial charge >= 0.3 is 0 Å². The van der Waals surface area contributed by atoms with Gasteiger partial charge < -0.3 is 0 Å². The first kappa shape index (κ1) is 10.8. The summed E-state index contributed by atoms with van der Waals surface area (Å²) in [6, 6.07) is 15.0. The normalized spacial score (nSPS) is 12.2. The molecule has 0 saturated heterocycles. The van der Waals surface area contributed by atoms with E-state index in [1.165, 1.54) is 16.3 Å². The molecule has 0 heteroatoms. The Morgan fingerprint density at radius 1 is 1.12 bits per heavy atom. The van der Waals surface area contributed by atoms with E-state index in [9.17, 15) is 0 Å². The molecule has 0 aliphatic rings. The Morgan fingerprint density at radius 2 is 1.88 bits per heavy atom. The Balaban J connectivity index is 2.40. The van der Waals surface area contributed by atoms with Gasteiger partial charge in [-0.15, -0.1) is 12.3 Å². The van der Waals surface area contributed by atoms with Crippen molar-refractivity contribution in [2.24, 2.45) is 0 Å². The third-order valence-electron chi connectivity index (χ3n) is 3.08. The maximum absolute atomic E-state index is 5.32. The summed E-state index contributed by atoms with van der Waals surface area (Å²) in [6.45, 7) is 2.25. The van der Waals surface area contributed by atoms with E-state index in [2.05, 4.69) is 55.3 Å². The van der Waals surface area contributed by atoms with Gasteiger partial charge in [0.15, 0.2) is 0 Å². The second kappa shape index (κ2) is 4.86. The minimum Gasteiger partial charge on any atom is -0.120 e. The van der Waals surface area contributed by atoms with Crippen LogP contribution in [0.3, 0.4) is 0 Å². The summed E-state index contributed by atoms with van der Waals surface area (Å²) >= 11 is 0. The van der Waals surface area contributed by atoms with Gasteiger partial charge in [0.1, 0.15) is 0 Å². The average molecular weight is 208 g/mol. The first-order chi connectivity index (χ1) is 7.83. The molecule has 2 aromatic carbocycles. The quantitative estimate of drug-likeness (QED) is 0.657. The highest BCUT2D eigenvalue weighted by molar-refractivity contribution is 5.86. The van der Waals surface area contributed by atoms with E-state index in [-0.39, 0.29) is 0 Å². The Kier molecular flexibility index (Phi) is 3.27. The van der Waals surface area contributed by atoms with Gasteiger partial charge in [0.25, 0.3) is 0 Å². The molecular formula is C16H16. The van der Waals surface area contributed by atoms with Crippen molar-refractivity contribution in [1.29, 1.82) is 0 Å². The van der Waals surface area contributed by atoms with Gasteiger partial charge in [-0.2, -0.15) is 0 Å². The predicted molar refractivity (Wildman–Crippen MR) is 70.4 cm³/mol. The second-order valence-electron chi connectivity index (χ2n) is 4.21. The highest BCUT2D eigenvalue weighted by Crippen LogP contribution is 2.28. The zero-order valence-corrected chi connectivity index (χ0v) is 9.61. The van der Waals surface area contributed by atoms with Crippen LogP contribution >= 0.6 is 0 Å². The van der Waals surface area contributed by atoms with E-state index in [4.69, 9.17) is 6.42 Å². The molecule has 0 unspecified atom stereocenters. The van der Waals surface area contributed by atoms with Crippen LogP contribution in [0.5, 0.6) is 0 Å². The summed E-state index contributed by atoms with van der Waals surface area (Å²) in [5, 5.41) is 2.67. The van der Waals surface area contributed by atoms with Crippen LogP contribution in [0, 0.1) is 12.3 Å². The van der Waals surface area contributed by atoms with Crippen molar-refractivity contribution in [1.82, 2.24) is 0 Å². The van der Waals surface area contributed by atoms with Gasteiger partial charge in [-0.1, -0.05) is 49.4 Å². The van der Waals surface area contributed by atoms with Crippen LogP contribution in [0.4, 0.5) is 0 Å². The van der Waals surface area contributed by atoms with Crippen molar-refractivity contribution in [2.75, 3.05) is 0 Å². The molecule has 0 radical (unpaired) electrons. The molecule has 0 aromatic heterocycles. The highest BCUT2D eigenvalue weighted by Gasteiger charge is 2.07. The summed E-state index contributed by atoms with van der Waals surface area (Å²) in [5.74, 6) is 3.25. The molecule has 80 valence electrons. The van der Waals surface area contributed by atoms with E-state index in [1.807, 2.05) is 0 Å². The lowest BCUT2D eigenvalue weighted by molar-refractivity contribution is 0.704. The van der Waals surface area contributed by atoms with Crippen molar-refractivity contribution in [2.45, 2.75) is 25.7 Å². The van der Waals surface area contributed by atoms with Crippen LogP contribution in [-0.2, 0) is 0 Å². The van der Waals surface area contributed by atoms with Crippen molar-refractivity contribution >= 4 is 10.8 Å². The summed E-state index contributed by atoms with van der Waals surface area (Å²) in [5.41, 5.74) is 1.41. The molecule has 16 heavy (non-hydrogen) atoms. The van der Waals surface area contributed by atoms with Crippen molar-refractivity contribution in [3.05, 3.63) is 48.0 Å². The van der Waals surface area contributed by atoms with Gasteiger partial charge in [0.2, 0.25) is 0 Å². The van der Waals surface area contributed by atoms with Crippen molar-refractivity contribution < 1.29 is 0 Å².